The lowest BCUT2D eigenvalue weighted by Gasteiger charge is -2.11. The molecule has 6 nitrogen and oxygen atoms in total. The summed E-state index contributed by atoms with van der Waals surface area (Å²) in [7, 11) is 0. The first-order chi connectivity index (χ1) is 24.3. The Morgan fingerprint density at radius 3 is 1.63 bits per heavy atom. The molecule has 0 spiro atoms. The van der Waals surface area contributed by atoms with Crippen LogP contribution in [0.5, 0.6) is 0 Å². The van der Waals surface area contributed by atoms with Gasteiger partial charge in [0.25, 0.3) is 0 Å². The molecule has 3 aromatic heterocycles. The van der Waals surface area contributed by atoms with Crippen LogP contribution < -0.4 is 0 Å². The number of pyridine rings is 1. The monoisotopic (exact) mass is 629 g/mol. The van der Waals surface area contributed by atoms with Crippen molar-refractivity contribution in [2.24, 2.45) is 0 Å². The summed E-state index contributed by atoms with van der Waals surface area (Å²) in [6, 6.07) is 52.8. The lowest BCUT2D eigenvalue weighted by Crippen LogP contribution is -2.00. The van der Waals surface area contributed by atoms with Crippen LogP contribution in [0.25, 0.3) is 89.9 Å². The molecule has 9 aromatic rings. The van der Waals surface area contributed by atoms with E-state index >= 15 is 0 Å². The van der Waals surface area contributed by atoms with Crippen LogP contribution in [-0.2, 0) is 0 Å². The van der Waals surface area contributed by atoms with E-state index in [1.807, 2.05) is 115 Å². The molecule has 0 N–H and O–H groups in total. The normalized spacial score (nSPS) is 11.3. The largest absolute Gasteiger partial charge is 0.436 e. The minimum absolute atomic E-state index is 0.572. The van der Waals surface area contributed by atoms with Crippen LogP contribution in [0.15, 0.2) is 168 Å². The third kappa shape index (κ3) is 5.41. The molecule has 0 aliphatic rings. The molecule has 0 amide bonds. The molecular weight excluding hydrogens is 603 g/mol. The fourth-order valence-electron chi connectivity index (χ4n) is 6.20. The average molecular weight is 630 g/mol. The van der Waals surface area contributed by atoms with Gasteiger partial charge in [-0.2, -0.15) is 0 Å². The molecule has 6 heteroatoms. The van der Waals surface area contributed by atoms with Crippen molar-refractivity contribution in [1.82, 2.24) is 24.9 Å². The number of fused-ring (bicyclic) bond motifs is 2. The van der Waals surface area contributed by atoms with Crippen molar-refractivity contribution >= 4 is 22.0 Å². The summed E-state index contributed by atoms with van der Waals surface area (Å²) in [5.74, 6) is 2.41. The van der Waals surface area contributed by atoms with Gasteiger partial charge in [0, 0.05) is 45.0 Å². The Labute approximate surface area is 282 Å². The highest BCUT2D eigenvalue weighted by Crippen LogP contribution is 2.39. The molecule has 3 heterocycles. The Morgan fingerprint density at radius 1 is 0.367 bits per heavy atom. The third-order valence-corrected chi connectivity index (χ3v) is 8.59. The van der Waals surface area contributed by atoms with E-state index in [0.717, 1.165) is 60.9 Å². The first-order valence-corrected chi connectivity index (χ1v) is 16.1. The smallest absolute Gasteiger partial charge is 0.227 e. The molecule has 0 bridgehead atoms. The number of nitrogens with zero attached hydrogens (tertiary/aromatic N) is 5. The van der Waals surface area contributed by atoms with Crippen molar-refractivity contribution in [3.8, 4) is 67.9 Å². The summed E-state index contributed by atoms with van der Waals surface area (Å²) in [6.07, 6.45) is 1.83. The van der Waals surface area contributed by atoms with Gasteiger partial charge in [0.05, 0.1) is 5.52 Å². The summed E-state index contributed by atoms with van der Waals surface area (Å²) in [5, 5.41) is 1.06. The van der Waals surface area contributed by atoms with Gasteiger partial charge in [-0.05, 0) is 47.5 Å². The number of benzene rings is 6. The van der Waals surface area contributed by atoms with Crippen molar-refractivity contribution in [2.75, 3.05) is 0 Å². The molecule has 49 heavy (non-hydrogen) atoms. The highest BCUT2D eigenvalue weighted by atomic mass is 16.3. The summed E-state index contributed by atoms with van der Waals surface area (Å²) < 4.78 is 6.47. The molecule has 0 fully saturated rings. The van der Waals surface area contributed by atoms with Crippen LogP contribution >= 0.6 is 0 Å². The highest BCUT2D eigenvalue weighted by molar-refractivity contribution is 6.03. The molecule has 0 atom stereocenters. The molecule has 0 saturated carbocycles. The van der Waals surface area contributed by atoms with Gasteiger partial charge in [0.15, 0.2) is 23.1 Å². The minimum Gasteiger partial charge on any atom is -0.436 e. The summed E-state index contributed by atoms with van der Waals surface area (Å²) in [5.41, 5.74) is 9.97. The van der Waals surface area contributed by atoms with E-state index < -0.39 is 0 Å². The molecule has 230 valence electrons. The van der Waals surface area contributed by atoms with E-state index in [1.54, 1.807) is 0 Å². The van der Waals surface area contributed by atoms with Crippen LogP contribution in [0.4, 0.5) is 0 Å². The van der Waals surface area contributed by atoms with Crippen molar-refractivity contribution < 1.29 is 4.42 Å². The number of hydrogen-bond acceptors (Lipinski definition) is 6. The summed E-state index contributed by atoms with van der Waals surface area (Å²) in [6.45, 7) is 0. The van der Waals surface area contributed by atoms with E-state index in [2.05, 4.69) is 48.5 Å². The molecule has 0 aliphatic carbocycles. The lowest BCUT2D eigenvalue weighted by molar-refractivity contribution is 0.620. The standard InChI is InChI=1S/C43H27N5O/c1-4-13-29(14-5-1)40-46-41(30-15-6-2-7-16-30)48-42(47-40)33-21-10-20-32(25-33)34-26-36(35-23-11-19-28-22-12-24-44-38(28)35)39-37(27-34)49-43(45-39)31-17-8-3-9-18-31/h1-27H. The van der Waals surface area contributed by atoms with Crippen LogP contribution in [-0.4, -0.2) is 24.9 Å². The van der Waals surface area contributed by atoms with Crippen molar-refractivity contribution in [2.45, 2.75) is 0 Å². The van der Waals surface area contributed by atoms with E-state index in [-0.39, 0.29) is 0 Å². The maximum atomic E-state index is 6.47. The summed E-state index contributed by atoms with van der Waals surface area (Å²) in [4.78, 5) is 24.6. The van der Waals surface area contributed by atoms with E-state index in [9.17, 15) is 0 Å². The Hall–Kier alpha value is -6.79. The van der Waals surface area contributed by atoms with Gasteiger partial charge in [0.2, 0.25) is 5.89 Å². The van der Waals surface area contributed by atoms with Gasteiger partial charge >= 0.3 is 0 Å². The molecule has 0 radical (unpaired) electrons. The molecule has 0 unspecified atom stereocenters. The first kappa shape index (κ1) is 28.4. The third-order valence-electron chi connectivity index (χ3n) is 8.59. The maximum absolute atomic E-state index is 6.47. The van der Waals surface area contributed by atoms with Gasteiger partial charge < -0.3 is 4.42 Å². The first-order valence-electron chi connectivity index (χ1n) is 16.1. The zero-order chi connectivity index (χ0) is 32.6. The number of hydrogen-bond donors (Lipinski definition) is 0. The van der Waals surface area contributed by atoms with E-state index in [1.165, 1.54) is 0 Å². The average Bonchev–Trinajstić information content (AvgIpc) is 3.63. The Morgan fingerprint density at radius 2 is 0.939 bits per heavy atom. The lowest BCUT2D eigenvalue weighted by atomic mass is 9.95. The topological polar surface area (TPSA) is 77.6 Å². The zero-order valence-corrected chi connectivity index (χ0v) is 26.2. The Bertz CT molecular complexity index is 2540. The molecular formula is C43H27N5O. The molecule has 6 aromatic carbocycles. The van der Waals surface area contributed by atoms with Crippen LogP contribution in [0.3, 0.4) is 0 Å². The van der Waals surface area contributed by atoms with Crippen LogP contribution in [0, 0.1) is 0 Å². The SMILES string of the molecule is c1ccc(-c2nc(-c3ccccc3)nc(-c3cccc(-c4cc(-c5cccc6cccnc56)c5nc(-c6ccccc6)oc5c4)c3)n2)cc1. The van der Waals surface area contributed by atoms with Crippen LogP contribution in [0.2, 0.25) is 0 Å². The zero-order valence-electron chi connectivity index (χ0n) is 26.2. The highest BCUT2D eigenvalue weighted by Gasteiger charge is 2.19. The Kier molecular flexibility index (Phi) is 7.02. The van der Waals surface area contributed by atoms with Gasteiger partial charge in [-0.15, -0.1) is 0 Å². The van der Waals surface area contributed by atoms with E-state index in [4.69, 9.17) is 29.3 Å². The van der Waals surface area contributed by atoms with Crippen molar-refractivity contribution in [3.05, 3.63) is 164 Å². The fraction of sp³-hybridized carbons (Fsp3) is 0. The van der Waals surface area contributed by atoms with Crippen molar-refractivity contribution in [3.63, 3.8) is 0 Å². The quantitative estimate of drug-likeness (QED) is 0.182. The number of oxazole rings is 1. The maximum Gasteiger partial charge on any atom is 0.227 e. The van der Waals surface area contributed by atoms with Gasteiger partial charge in [0.1, 0.15) is 5.52 Å². The van der Waals surface area contributed by atoms with Crippen LogP contribution in [0.1, 0.15) is 0 Å². The number of para-hydroxylation sites is 1. The van der Waals surface area contributed by atoms with Gasteiger partial charge in [-0.25, -0.2) is 19.9 Å². The molecule has 9 rings (SSSR count). The Balaban J connectivity index is 1.23. The van der Waals surface area contributed by atoms with E-state index in [0.29, 0.717) is 28.9 Å². The van der Waals surface area contributed by atoms with Gasteiger partial charge in [-0.3, -0.25) is 4.98 Å². The fourth-order valence-corrected chi connectivity index (χ4v) is 6.20. The van der Waals surface area contributed by atoms with Gasteiger partial charge in [-0.1, -0.05) is 121 Å². The van der Waals surface area contributed by atoms with Crippen molar-refractivity contribution in [1.29, 1.82) is 0 Å². The predicted molar refractivity (Wildman–Crippen MR) is 195 cm³/mol. The second-order valence-electron chi connectivity index (χ2n) is 11.8. The second kappa shape index (κ2) is 12.1. The molecule has 0 aliphatic heterocycles. The number of rotatable bonds is 6. The predicted octanol–water partition coefficient (Wildman–Crippen LogP) is 10.6. The minimum atomic E-state index is 0.572. The summed E-state index contributed by atoms with van der Waals surface area (Å²) >= 11 is 0. The number of aromatic nitrogens is 5. The second-order valence-corrected chi connectivity index (χ2v) is 11.8. The molecule has 0 saturated heterocycles.